The Balaban J connectivity index is 1.47. The maximum absolute atomic E-state index is 13.9. The van der Waals surface area contributed by atoms with Crippen molar-refractivity contribution in [1.82, 2.24) is 36.0 Å². The van der Waals surface area contributed by atoms with Gasteiger partial charge < -0.3 is 21.3 Å². The van der Waals surface area contributed by atoms with Crippen LogP contribution < -0.4 is 21.3 Å². The van der Waals surface area contributed by atoms with Crippen molar-refractivity contribution < 1.29 is 43.2 Å². The van der Waals surface area contributed by atoms with Crippen molar-refractivity contribution in [3.05, 3.63) is 0 Å². The van der Waals surface area contributed by atoms with E-state index < -0.39 is 51.8 Å². The topological polar surface area (TPSA) is 211 Å². The maximum Gasteiger partial charge on any atom is 0.246 e. The molecule has 0 radical (unpaired) electrons. The van der Waals surface area contributed by atoms with E-state index in [0.29, 0.717) is 0 Å². The molecule has 51 heavy (non-hydrogen) atoms. The first-order chi connectivity index (χ1) is 23.8. The van der Waals surface area contributed by atoms with E-state index in [4.69, 9.17) is 0 Å². The molecule has 3 heterocycles. The van der Waals surface area contributed by atoms with Crippen molar-refractivity contribution in [1.29, 1.82) is 0 Å². The van der Waals surface area contributed by atoms with Crippen LogP contribution in [0.4, 0.5) is 0 Å². The van der Waals surface area contributed by atoms with E-state index in [1.807, 2.05) is 13.8 Å². The predicted octanol–water partition coefficient (Wildman–Crippen LogP) is -0.689. The van der Waals surface area contributed by atoms with Gasteiger partial charge in [0.05, 0.1) is 12.5 Å². The van der Waals surface area contributed by atoms with Gasteiger partial charge in [0.15, 0.2) is 0 Å². The summed E-state index contributed by atoms with van der Waals surface area (Å²) in [7, 11) is 1.59. The average Bonchev–Trinajstić information content (AvgIpc) is 3.59. The van der Waals surface area contributed by atoms with Crippen LogP contribution in [-0.4, -0.2) is 120 Å². The van der Waals surface area contributed by atoms with E-state index in [0.717, 1.165) is 14.7 Å². The number of nitrogens with one attached hydrogen (secondary N) is 4. The molecule has 0 spiro atoms. The summed E-state index contributed by atoms with van der Waals surface area (Å²) in [6.07, 6.45) is 0.418. The fourth-order valence-corrected chi connectivity index (χ4v) is 8.43. The van der Waals surface area contributed by atoms with Crippen LogP contribution in [-0.2, 0) is 43.2 Å². The van der Waals surface area contributed by atoms with Crippen LogP contribution in [0.15, 0.2) is 0 Å². The summed E-state index contributed by atoms with van der Waals surface area (Å²) in [4.78, 5) is 120. The van der Waals surface area contributed by atoms with Crippen molar-refractivity contribution in [2.75, 3.05) is 46.3 Å². The number of carbonyl (C=O) groups is 9. The minimum atomic E-state index is -1.26. The quantitative estimate of drug-likeness (QED) is 0.166. The Morgan fingerprint density at radius 3 is 1.33 bits per heavy atom. The third kappa shape index (κ3) is 8.15. The van der Waals surface area contributed by atoms with E-state index in [1.54, 1.807) is 34.7 Å². The molecule has 4 fully saturated rings. The zero-order chi connectivity index (χ0) is 38.1. The molecule has 0 aromatic carbocycles. The number of amides is 9. The van der Waals surface area contributed by atoms with Gasteiger partial charge in [0.1, 0.15) is 0 Å². The standard InChI is InChI=1S/C35H53N7O9/c1-20(2)22-15-25(44)41(28(22)47)12-9-38-31(50)34(5)17-33(4,30(49)37-8-11-40-24(43)14-21(3)27(40)46)18-35(6,19-34)32(51)39-10-13-42-26(45)16-23(36-7)29(42)48/h20-23,36H,8-19H2,1-7H3,(H,37,49)(H,38,50)(H,39,51)/t21?,22?,23?,33-,34+,35-/m0/s1. The van der Waals surface area contributed by atoms with Crippen LogP contribution >= 0.6 is 0 Å². The highest BCUT2D eigenvalue weighted by atomic mass is 16.2. The Bertz CT molecular complexity index is 1500. The summed E-state index contributed by atoms with van der Waals surface area (Å²) in [5, 5.41) is 11.3. The first-order valence-electron chi connectivity index (χ1n) is 17.8. The molecule has 4 N–H and O–H groups in total. The molecule has 16 heteroatoms. The second-order valence-corrected chi connectivity index (χ2v) is 15.8. The zero-order valence-electron chi connectivity index (χ0n) is 30.8. The summed E-state index contributed by atoms with van der Waals surface area (Å²) < 4.78 is 0. The van der Waals surface area contributed by atoms with E-state index in [9.17, 15) is 43.2 Å². The minimum absolute atomic E-state index is 0.00341. The molecule has 1 aliphatic carbocycles. The molecule has 3 saturated heterocycles. The van der Waals surface area contributed by atoms with Crippen LogP contribution in [0.2, 0.25) is 0 Å². The SMILES string of the molecule is CNC1CC(=O)N(CCNC(=O)[C@@]2(C)C[C@@](C)(C(=O)NCCN3C(=O)CC(C)C3=O)C[C@@](C)(C(=O)NCCN3C(=O)CC(C(C)C)C3=O)C2)C1=O. The predicted molar refractivity (Wildman–Crippen MR) is 182 cm³/mol. The number of hydrogen-bond acceptors (Lipinski definition) is 10. The highest BCUT2D eigenvalue weighted by Crippen LogP contribution is 2.54. The summed E-state index contributed by atoms with van der Waals surface area (Å²) in [5.74, 6) is -4.10. The summed E-state index contributed by atoms with van der Waals surface area (Å²) in [5.41, 5.74) is -3.77. The fourth-order valence-electron chi connectivity index (χ4n) is 8.43. The molecule has 3 aliphatic heterocycles. The molecule has 4 rings (SSSR count). The van der Waals surface area contributed by atoms with Crippen molar-refractivity contribution >= 4 is 53.2 Å². The Morgan fingerprint density at radius 1 is 0.627 bits per heavy atom. The van der Waals surface area contributed by atoms with Gasteiger partial charge in [-0.1, -0.05) is 41.5 Å². The van der Waals surface area contributed by atoms with Crippen molar-refractivity contribution in [2.45, 2.75) is 86.1 Å². The van der Waals surface area contributed by atoms with E-state index >= 15 is 0 Å². The normalized spacial score (nSPS) is 31.3. The lowest BCUT2D eigenvalue weighted by atomic mass is 9.53. The van der Waals surface area contributed by atoms with E-state index in [2.05, 4.69) is 21.3 Å². The third-order valence-electron chi connectivity index (χ3n) is 11.0. The van der Waals surface area contributed by atoms with Crippen LogP contribution in [0.25, 0.3) is 0 Å². The molecular formula is C35H53N7O9. The number of likely N-dealkylation sites (tertiary alicyclic amines) is 3. The van der Waals surface area contributed by atoms with Gasteiger partial charge in [-0.15, -0.1) is 0 Å². The molecule has 0 bridgehead atoms. The van der Waals surface area contributed by atoms with Gasteiger partial charge in [0.2, 0.25) is 53.2 Å². The molecule has 6 atom stereocenters. The Kier molecular flexibility index (Phi) is 11.8. The number of imide groups is 3. The second-order valence-electron chi connectivity index (χ2n) is 15.8. The highest BCUT2D eigenvalue weighted by molar-refractivity contribution is 6.06. The lowest BCUT2D eigenvalue weighted by Gasteiger charge is -2.50. The van der Waals surface area contributed by atoms with Gasteiger partial charge >= 0.3 is 0 Å². The lowest BCUT2D eigenvalue weighted by molar-refractivity contribution is -0.155. The summed E-state index contributed by atoms with van der Waals surface area (Å²) >= 11 is 0. The first kappa shape index (κ1) is 39.6. The number of carbonyl (C=O) groups excluding carboxylic acids is 9. The van der Waals surface area contributed by atoms with Crippen LogP contribution in [0.1, 0.15) is 80.1 Å². The molecule has 0 aromatic heterocycles. The molecular weight excluding hydrogens is 662 g/mol. The third-order valence-corrected chi connectivity index (χ3v) is 11.0. The molecule has 4 aliphatic rings. The largest absolute Gasteiger partial charge is 0.354 e. The first-order valence-corrected chi connectivity index (χ1v) is 17.8. The van der Waals surface area contributed by atoms with E-state index in [1.165, 1.54) is 0 Å². The Morgan fingerprint density at radius 2 is 1.00 bits per heavy atom. The van der Waals surface area contributed by atoms with Crippen molar-refractivity contribution in [3.63, 3.8) is 0 Å². The van der Waals surface area contributed by atoms with Crippen LogP contribution in [0.3, 0.4) is 0 Å². The highest BCUT2D eigenvalue weighted by Gasteiger charge is 2.57. The van der Waals surface area contributed by atoms with Crippen molar-refractivity contribution in [2.24, 2.45) is 34.0 Å². The monoisotopic (exact) mass is 715 g/mol. The van der Waals surface area contributed by atoms with Crippen LogP contribution in [0, 0.1) is 34.0 Å². The second kappa shape index (κ2) is 15.2. The van der Waals surface area contributed by atoms with Gasteiger partial charge in [-0.25, -0.2) is 0 Å². The zero-order valence-corrected chi connectivity index (χ0v) is 30.8. The average molecular weight is 716 g/mol. The molecule has 3 unspecified atom stereocenters. The number of hydrogen-bond donors (Lipinski definition) is 4. The molecule has 16 nitrogen and oxygen atoms in total. The fraction of sp³-hybridized carbons (Fsp3) is 0.743. The summed E-state index contributed by atoms with van der Waals surface area (Å²) in [6.45, 7) is 10.3. The molecule has 282 valence electrons. The molecule has 9 amide bonds. The van der Waals surface area contributed by atoms with E-state index in [-0.39, 0.29) is 119 Å². The molecule has 1 saturated carbocycles. The van der Waals surface area contributed by atoms with Gasteiger partial charge in [0, 0.05) is 80.2 Å². The number of likely N-dealkylation sites (N-methyl/N-ethyl adjacent to an activating group) is 1. The smallest absolute Gasteiger partial charge is 0.246 e. The summed E-state index contributed by atoms with van der Waals surface area (Å²) in [6, 6.07) is -0.619. The Hall–Kier alpha value is -4.21. The van der Waals surface area contributed by atoms with Gasteiger partial charge in [-0.05, 0) is 32.2 Å². The minimum Gasteiger partial charge on any atom is -0.354 e. The maximum atomic E-state index is 13.9. The van der Waals surface area contributed by atoms with Crippen molar-refractivity contribution in [3.8, 4) is 0 Å². The molecule has 0 aromatic rings. The van der Waals surface area contributed by atoms with Crippen LogP contribution in [0.5, 0.6) is 0 Å². The number of nitrogens with zero attached hydrogens (tertiary/aromatic N) is 3. The van der Waals surface area contributed by atoms with Gasteiger partial charge in [0.25, 0.3) is 0 Å². The number of rotatable bonds is 14. The Labute approximate surface area is 298 Å². The van der Waals surface area contributed by atoms with Gasteiger partial charge in [-0.3, -0.25) is 57.9 Å². The van der Waals surface area contributed by atoms with Gasteiger partial charge in [-0.2, -0.15) is 0 Å². The lowest BCUT2D eigenvalue weighted by Crippen LogP contribution is -2.58.